The Morgan fingerprint density at radius 2 is 1.88 bits per heavy atom. The molecule has 0 bridgehead atoms. The van der Waals surface area contributed by atoms with Crippen LogP contribution in [0.5, 0.6) is 5.75 Å². The van der Waals surface area contributed by atoms with Gasteiger partial charge in [-0.3, -0.25) is 9.10 Å². The summed E-state index contributed by atoms with van der Waals surface area (Å²) in [5.41, 5.74) is 0.907. The highest BCUT2D eigenvalue weighted by Gasteiger charge is 2.26. The van der Waals surface area contributed by atoms with E-state index in [1.165, 1.54) is 14.0 Å². The molecule has 134 valence electrons. The van der Waals surface area contributed by atoms with E-state index in [9.17, 15) is 13.2 Å². The molecule has 0 radical (unpaired) electrons. The average molecular weight is 427 g/mol. The van der Waals surface area contributed by atoms with E-state index >= 15 is 0 Å². The zero-order valence-corrected chi connectivity index (χ0v) is 16.3. The smallest absolute Gasteiger partial charge is 0.245 e. The second kappa shape index (κ2) is 8.35. The monoisotopic (exact) mass is 426 g/mol. The Morgan fingerprint density at radius 3 is 2.48 bits per heavy atom. The van der Waals surface area contributed by atoms with E-state index in [4.69, 9.17) is 4.74 Å². The van der Waals surface area contributed by atoms with Crippen LogP contribution in [0.3, 0.4) is 0 Å². The van der Waals surface area contributed by atoms with E-state index in [2.05, 4.69) is 21.2 Å². The Hall–Kier alpha value is -2.06. The van der Waals surface area contributed by atoms with E-state index in [-0.39, 0.29) is 12.3 Å². The van der Waals surface area contributed by atoms with E-state index in [0.717, 1.165) is 4.31 Å². The minimum Gasteiger partial charge on any atom is -0.495 e. The van der Waals surface area contributed by atoms with Crippen molar-refractivity contribution in [1.82, 2.24) is 0 Å². The summed E-state index contributed by atoms with van der Waals surface area (Å²) in [5, 5.41) is 2.69. The van der Waals surface area contributed by atoms with Gasteiger partial charge in [-0.2, -0.15) is 0 Å². The zero-order chi connectivity index (χ0) is 18.4. The minimum absolute atomic E-state index is 0.138. The predicted octanol–water partition coefficient (Wildman–Crippen LogP) is 3.25. The lowest BCUT2D eigenvalue weighted by Gasteiger charge is -2.25. The van der Waals surface area contributed by atoms with Crippen LogP contribution in [0.4, 0.5) is 11.4 Å². The lowest BCUT2D eigenvalue weighted by atomic mass is 10.3. The number of amides is 1. The quantitative estimate of drug-likeness (QED) is 0.736. The summed E-state index contributed by atoms with van der Waals surface area (Å²) < 4.78 is 32.1. The first kappa shape index (κ1) is 19.3. The number of hydrogen-bond donors (Lipinski definition) is 1. The highest BCUT2D eigenvalue weighted by atomic mass is 79.9. The van der Waals surface area contributed by atoms with Crippen LogP contribution in [0.1, 0.15) is 6.92 Å². The fourth-order valence-electron chi connectivity index (χ4n) is 2.20. The molecule has 0 atom stereocenters. The molecule has 0 aliphatic rings. The van der Waals surface area contributed by atoms with Gasteiger partial charge >= 0.3 is 0 Å². The molecule has 0 heterocycles. The number of hydrogen-bond acceptors (Lipinski definition) is 4. The van der Waals surface area contributed by atoms with Gasteiger partial charge in [0.15, 0.2) is 0 Å². The molecule has 8 heteroatoms. The van der Waals surface area contributed by atoms with Gasteiger partial charge in [0, 0.05) is 10.2 Å². The van der Waals surface area contributed by atoms with Gasteiger partial charge in [-0.1, -0.05) is 34.1 Å². The molecule has 0 fully saturated rings. The summed E-state index contributed by atoms with van der Waals surface area (Å²) in [6.07, 6.45) is 0. The highest BCUT2D eigenvalue weighted by Crippen LogP contribution is 2.33. The first-order chi connectivity index (χ1) is 11.9. The number of sulfonamides is 1. The highest BCUT2D eigenvalue weighted by molar-refractivity contribution is 9.10. The molecular formula is C17H19BrN2O4S. The molecule has 0 saturated carbocycles. The van der Waals surface area contributed by atoms with Crippen LogP contribution >= 0.6 is 15.9 Å². The van der Waals surface area contributed by atoms with Crippen LogP contribution in [0.25, 0.3) is 0 Å². The van der Waals surface area contributed by atoms with Crippen molar-refractivity contribution in [2.75, 3.05) is 29.0 Å². The number of methoxy groups -OCH3 is 1. The van der Waals surface area contributed by atoms with Gasteiger partial charge in [0.25, 0.3) is 0 Å². The van der Waals surface area contributed by atoms with Crippen molar-refractivity contribution < 1.29 is 17.9 Å². The van der Waals surface area contributed by atoms with Crippen molar-refractivity contribution in [3.05, 3.63) is 53.0 Å². The lowest BCUT2D eigenvalue weighted by molar-refractivity contribution is -0.114. The van der Waals surface area contributed by atoms with Crippen LogP contribution in [0.15, 0.2) is 53.0 Å². The molecule has 0 aromatic heterocycles. The first-order valence-corrected chi connectivity index (χ1v) is 9.96. The predicted molar refractivity (Wildman–Crippen MR) is 103 cm³/mol. The van der Waals surface area contributed by atoms with E-state index in [0.29, 0.717) is 21.6 Å². The second-order valence-electron chi connectivity index (χ2n) is 5.14. The first-order valence-electron chi connectivity index (χ1n) is 7.56. The third kappa shape index (κ3) is 4.96. The number of ether oxygens (including phenoxy) is 1. The van der Waals surface area contributed by atoms with Crippen LogP contribution in [-0.4, -0.2) is 33.7 Å². The van der Waals surface area contributed by atoms with Crippen LogP contribution in [0, 0.1) is 0 Å². The van der Waals surface area contributed by atoms with E-state index < -0.39 is 15.9 Å². The van der Waals surface area contributed by atoms with Crippen LogP contribution < -0.4 is 14.4 Å². The molecule has 6 nitrogen and oxygen atoms in total. The van der Waals surface area contributed by atoms with Gasteiger partial charge in [-0.25, -0.2) is 8.42 Å². The molecule has 0 aliphatic heterocycles. The summed E-state index contributed by atoms with van der Waals surface area (Å²) >= 11 is 3.32. The molecule has 0 unspecified atom stereocenters. The van der Waals surface area contributed by atoms with Gasteiger partial charge in [-0.15, -0.1) is 0 Å². The number of nitrogens with zero attached hydrogens (tertiary/aromatic N) is 1. The Kier molecular flexibility index (Phi) is 6.44. The Bertz CT molecular complexity index is 841. The number of anilines is 2. The largest absolute Gasteiger partial charge is 0.495 e. The van der Waals surface area contributed by atoms with Crippen molar-refractivity contribution in [3.63, 3.8) is 0 Å². The molecule has 25 heavy (non-hydrogen) atoms. The second-order valence-corrected chi connectivity index (χ2v) is 8.24. The molecule has 2 aromatic rings. The third-order valence-corrected chi connectivity index (χ3v) is 5.68. The molecular weight excluding hydrogens is 408 g/mol. The minimum atomic E-state index is -3.68. The number of rotatable bonds is 7. The van der Waals surface area contributed by atoms with Gasteiger partial charge < -0.3 is 10.1 Å². The molecule has 2 aromatic carbocycles. The van der Waals surface area contributed by atoms with Gasteiger partial charge in [-0.05, 0) is 37.3 Å². The number of carbonyl (C=O) groups excluding carboxylic acids is 1. The SMILES string of the molecule is CCS(=O)(=O)N(CC(=O)Nc1ccccc1)c1cc(Br)ccc1OC. The van der Waals surface area contributed by atoms with E-state index in [1.54, 1.807) is 42.5 Å². The Morgan fingerprint density at radius 1 is 1.20 bits per heavy atom. The summed E-state index contributed by atoms with van der Waals surface area (Å²) in [6, 6.07) is 13.9. The summed E-state index contributed by atoms with van der Waals surface area (Å²) in [6.45, 7) is 1.18. The molecule has 2 rings (SSSR count). The maximum atomic E-state index is 12.5. The van der Waals surface area contributed by atoms with Gasteiger partial charge in [0.2, 0.25) is 15.9 Å². The maximum Gasteiger partial charge on any atom is 0.245 e. The number of nitrogens with one attached hydrogen (secondary N) is 1. The van der Waals surface area contributed by atoms with Crippen LogP contribution in [-0.2, 0) is 14.8 Å². The normalized spacial score (nSPS) is 11.0. The number of halogens is 1. The lowest BCUT2D eigenvalue weighted by Crippen LogP contribution is -2.39. The van der Waals surface area contributed by atoms with Crippen molar-refractivity contribution in [1.29, 1.82) is 0 Å². The van der Waals surface area contributed by atoms with Crippen molar-refractivity contribution in [2.24, 2.45) is 0 Å². The Balaban J connectivity index is 2.35. The van der Waals surface area contributed by atoms with Crippen LogP contribution in [0.2, 0.25) is 0 Å². The molecule has 0 saturated heterocycles. The fraction of sp³-hybridized carbons (Fsp3) is 0.235. The number of benzene rings is 2. The van der Waals surface area contributed by atoms with Crippen molar-refractivity contribution in [2.45, 2.75) is 6.92 Å². The fourth-order valence-corrected chi connectivity index (χ4v) is 3.62. The van der Waals surface area contributed by atoms with Gasteiger partial charge in [0.05, 0.1) is 18.6 Å². The zero-order valence-electron chi connectivity index (χ0n) is 13.9. The molecule has 1 N–H and O–H groups in total. The number of carbonyl (C=O) groups is 1. The number of para-hydroxylation sites is 1. The molecule has 0 spiro atoms. The van der Waals surface area contributed by atoms with E-state index in [1.807, 2.05) is 6.07 Å². The topological polar surface area (TPSA) is 75.7 Å². The third-order valence-electron chi connectivity index (χ3n) is 3.45. The molecule has 1 amide bonds. The maximum absolute atomic E-state index is 12.5. The summed E-state index contributed by atoms with van der Waals surface area (Å²) in [4.78, 5) is 12.4. The summed E-state index contributed by atoms with van der Waals surface area (Å²) in [5.74, 6) is -0.209. The summed E-state index contributed by atoms with van der Waals surface area (Å²) in [7, 11) is -2.23. The standard InChI is InChI=1S/C17H19BrN2O4S/c1-3-25(22,23)20(15-11-13(18)9-10-16(15)24-2)12-17(21)19-14-7-5-4-6-8-14/h4-11H,3,12H2,1-2H3,(H,19,21). The molecule has 0 aliphatic carbocycles. The van der Waals surface area contributed by atoms with Gasteiger partial charge in [0.1, 0.15) is 12.3 Å². The average Bonchev–Trinajstić information content (AvgIpc) is 2.60. The van der Waals surface area contributed by atoms with Crippen molar-refractivity contribution >= 4 is 43.2 Å². The Labute approximate surface area is 156 Å². The van der Waals surface area contributed by atoms with Crippen molar-refractivity contribution in [3.8, 4) is 5.75 Å².